The summed E-state index contributed by atoms with van der Waals surface area (Å²) in [5.74, 6) is -13.6. The first-order valence-electron chi connectivity index (χ1n) is 16.8. The average Bonchev–Trinajstić information content (AvgIpc) is 3.04. The number of alkyl halides is 2. The van der Waals surface area contributed by atoms with Crippen LogP contribution in [0.1, 0.15) is 94.6 Å². The summed E-state index contributed by atoms with van der Waals surface area (Å²) < 4.78 is 149. The van der Waals surface area contributed by atoms with Gasteiger partial charge >= 0.3 is 6.11 Å². The molecule has 0 spiro atoms. The number of ether oxygens (including phenoxy) is 1. The van der Waals surface area contributed by atoms with Gasteiger partial charge in [0, 0.05) is 17.7 Å². The first-order valence-corrected chi connectivity index (χ1v) is 16.8. The molecule has 50 heavy (non-hydrogen) atoms. The van der Waals surface area contributed by atoms with Crippen molar-refractivity contribution in [3.8, 4) is 28.0 Å². The molecule has 0 atom stereocenters. The van der Waals surface area contributed by atoms with Gasteiger partial charge in [-0.15, -0.1) is 0 Å². The van der Waals surface area contributed by atoms with Crippen LogP contribution in [0.5, 0.6) is 5.75 Å². The van der Waals surface area contributed by atoms with E-state index in [0.29, 0.717) is 5.92 Å². The van der Waals surface area contributed by atoms with E-state index in [0.717, 1.165) is 43.4 Å². The molecule has 1 nitrogen and oxygen atoms in total. The Morgan fingerprint density at radius 1 is 0.600 bits per heavy atom. The predicted octanol–water partition coefficient (Wildman–Crippen LogP) is 13.3. The van der Waals surface area contributed by atoms with Gasteiger partial charge in [0.1, 0.15) is 40.4 Å². The summed E-state index contributed by atoms with van der Waals surface area (Å²) in [7, 11) is 0. The van der Waals surface area contributed by atoms with Crippen molar-refractivity contribution in [2.45, 2.75) is 89.6 Å². The standard InChI is InChI=1S/C39H36F10O/c1-2-3-4-5-6-7-8-22-9-11-23(12-10-22)24-13-14-28(29(40)15-24)25-16-30(41)36(31(42)17-25)26-18-32(43)37(33(44)19-26)39(48,49)50-27-20-34(45)38(47)35(46)21-27/h13-23H,2-12H2,1H3. The van der Waals surface area contributed by atoms with E-state index < -0.39 is 75.1 Å². The van der Waals surface area contributed by atoms with E-state index >= 15 is 13.2 Å². The molecule has 1 aliphatic rings. The van der Waals surface area contributed by atoms with Crippen LogP contribution in [-0.2, 0) is 6.11 Å². The molecule has 0 amide bonds. The molecular formula is C39H36F10O. The minimum atomic E-state index is -4.89. The molecule has 1 saturated carbocycles. The molecule has 0 radical (unpaired) electrons. The first kappa shape index (κ1) is 37.2. The van der Waals surface area contributed by atoms with Gasteiger partial charge in [-0.05, 0) is 84.5 Å². The maximum absolute atomic E-state index is 15.3. The predicted molar refractivity (Wildman–Crippen MR) is 171 cm³/mol. The molecular weight excluding hydrogens is 674 g/mol. The number of hydrogen-bond acceptors (Lipinski definition) is 1. The van der Waals surface area contributed by atoms with Crippen LogP contribution in [0.15, 0.2) is 54.6 Å². The average molecular weight is 711 g/mol. The van der Waals surface area contributed by atoms with Crippen LogP contribution in [0, 0.1) is 52.5 Å². The second-order valence-electron chi connectivity index (χ2n) is 13.0. The summed E-state index contributed by atoms with van der Waals surface area (Å²) >= 11 is 0. The fourth-order valence-electron chi connectivity index (χ4n) is 6.81. The van der Waals surface area contributed by atoms with Crippen molar-refractivity contribution in [2.24, 2.45) is 5.92 Å². The van der Waals surface area contributed by atoms with Gasteiger partial charge in [-0.3, -0.25) is 0 Å². The number of unbranched alkanes of at least 4 members (excludes halogenated alkanes) is 5. The van der Waals surface area contributed by atoms with Gasteiger partial charge in [0.25, 0.3) is 0 Å². The highest BCUT2D eigenvalue weighted by Crippen LogP contribution is 2.41. The zero-order valence-electron chi connectivity index (χ0n) is 27.3. The minimum Gasteiger partial charge on any atom is -0.429 e. The SMILES string of the molecule is CCCCCCCCC1CCC(c2ccc(-c3cc(F)c(-c4cc(F)c(C(F)(F)Oc5cc(F)c(F)c(F)c5)c(F)c4)c(F)c3)c(F)c2)CC1. The highest BCUT2D eigenvalue weighted by atomic mass is 19.3. The summed E-state index contributed by atoms with van der Waals surface area (Å²) in [6.45, 7) is 2.20. The largest absolute Gasteiger partial charge is 0.432 e. The van der Waals surface area contributed by atoms with Crippen LogP contribution < -0.4 is 4.74 Å². The zero-order chi connectivity index (χ0) is 36.2. The van der Waals surface area contributed by atoms with Crippen LogP contribution >= 0.6 is 0 Å². The summed E-state index contributed by atoms with van der Waals surface area (Å²) in [4.78, 5) is 0. The molecule has 268 valence electrons. The smallest absolute Gasteiger partial charge is 0.429 e. The molecule has 11 heteroatoms. The van der Waals surface area contributed by atoms with Crippen LogP contribution in [0.4, 0.5) is 43.9 Å². The van der Waals surface area contributed by atoms with Crippen molar-refractivity contribution >= 4 is 0 Å². The molecule has 1 aliphatic carbocycles. The summed E-state index contributed by atoms with van der Waals surface area (Å²) in [6.07, 6.45) is 7.78. The molecule has 0 N–H and O–H groups in total. The van der Waals surface area contributed by atoms with E-state index in [4.69, 9.17) is 0 Å². The van der Waals surface area contributed by atoms with E-state index in [1.165, 1.54) is 57.1 Å². The monoisotopic (exact) mass is 710 g/mol. The molecule has 5 rings (SSSR count). The fourth-order valence-corrected chi connectivity index (χ4v) is 6.81. The molecule has 0 heterocycles. The lowest BCUT2D eigenvalue weighted by Gasteiger charge is -2.29. The molecule has 0 aliphatic heterocycles. The Hall–Kier alpha value is -4.02. The molecule has 0 unspecified atom stereocenters. The lowest BCUT2D eigenvalue weighted by molar-refractivity contribution is -0.189. The number of halogens is 10. The van der Waals surface area contributed by atoms with Crippen LogP contribution in [-0.4, -0.2) is 0 Å². The van der Waals surface area contributed by atoms with Crippen LogP contribution in [0.3, 0.4) is 0 Å². The van der Waals surface area contributed by atoms with E-state index in [2.05, 4.69) is 11.7 Å². The number of hydrogen-bond donors (Lipinski definition) is 0. The van der Waals surface area contributed by atoms with Crippen LogP contribution in [0.25, 0.3) is 22.3 Å². The van der Waals surface area contributed by atoms with E-state index in [9.17, 15) is 30.7 Å². The highest BCUT2D eigenvalue weighted by Gasteiger charge is 2.42. The second-order valence-corrected chi connectivity index (χ2v) is 13.0. The Kier molecular flexibility index (Phi) is 11.8. The zero-order valence-corrected chi connectivity index (χ0v) is 27.3. The third-order valence-corrected chi connectivity index (χ3v) is 9.46. The Balaban J connectivity index is 1.29. The Labute approximate surface area is 284 Å². The van der Waals surface area contributed by atoms with Crippen molar-refractivity contribution in [3.63, 3.8) is 0 Å². The first-order chi connectivity index (χ1) is 23.8. The Morgan fingerprint density at radius 2 is 1.16 bits per heavy atom. The summed E-state index contributed by atoms with van der Waals surface area (Å²) in [6, 6.07) is 6.58. The third kappa shape index (κ3) is 8.46. The fraction of sp³-hybridized carbons (Fsp3) is 0.385. The van der Waals surface area contributed by atoms with Gasteiger partial charge in [-0.2, -0.15) is 8.78 Å². The molecule has 4 aromatic carbocycles. The molecule has 0 bridgehead atoms. The van der Waals surface area contributed by atoms with Gasteiger partial charge < -0.3 is 4.74 Å². The lowest BCUT2D eigenvalue weighted by atomic mass is 9.77. The third-order valence-electron chi connectivity index (χ3n) is 9.46. The lowest BCUT2D eigenvalue weighted by Crippen LogP contribution is -2.25. The molecule has 4 aromatic rings. The second kappa shape index (κ2) is 15.9. The molecule has 0 saturated heterocycles. The maximum Gasteiger partial charge on any atom is 0.432 e. The van der Waals surface area contributed by atoms with Gasteiger partial charge in [0.05, 0.1) is 5.56 Å². The summed E-state index contributed by atoms with van der Waals surface area (Å²) in [5, 5.41) is 0. The quantitative estimate of drug-likeness (QED) is 0.0763. The van der Waals surface area contributed by atoms with E-state index in [-0.39, 0.29) is 41.3 Å². The molecule has 1 fully saturated rings. The Bertz CT molecular complexity index is 1740. The topological polar surface area (TPSA) is 9.23 Å². The van der Waals surface area contributed by atoms with Crippen LogP contribution in [0.2, 0.25) is 0 Å². The minimum absolute atomic E-state index is 0.0435. The van der Waals surface area contributed by atoms with Gasteiger partial charge in [-0.25, -0.2) is 35.1 Å². The van der Waals surface area contributed by atoms with Gasteiger partial charge in [0.15, 0.2) is 17.5 Å². The van der Waals surface area contributed by atoms with Crippen molar-refractivity contribution in [2.75, 3.05) is 0 Å². The number of rotatable bonds is 13. The van der Waals surface area contributed by atoms with Crippen molar-refractivity contribution in [3.05, 3.63) is 112 Å². The van der Waals surface area contributed by atoms with Gasteiger partial charge in [-0.1, -0.05) is 64.0 Å². The maximum atomic E-state index is 15.3. The van der Waals surface area contributed by atoms with E-state index in [1.807, 2.05) is 0 Å². The van der Waals surface area contributed by atoms with Crippen molar-refractivity contribution in [1.82, 2.24) is 0 Å². The van der Waals surface area contributed by atoms with Crippen molar-refractivity contribution in [1.29, 1.82) is 0 Å². The highest BCUT2D eigenvalue weighted by molar-refractivity contribution is 5.72. The van der Waals surface area contributed by atoms with E-state index in [1.54, 1.807) is 6.07 Å². The van der Waals surface area contributed by atoms with Crippen molar-refractivity contribution < 1.29 is 48.6 Å². The number of benzene rings is 4. The Morgan fingerprint density at radius 3 is 1.74 bits per heavy atom. The van der Waals surface area contributed by atoms with Gasteiger partial charge in [0.2, 0.25) is 0 Å². The normalized spacial score (nSPS) is 16.5. The summed E-state index contributed by atoms with van der Waals surface area (Å²) in [5.41, 5.74) is -3.30. The molecule has 0 aromatic heterocycles.